The molecule has 0 bridgehead atoms. The Kier molecular flexibility index (Phi) is 3.47. The van der Waals surface area contributed by atoms with Crippen molar-refractivity contribution in [2.24, 2.45) is 5.73 Å². The summed E-state index contributed by atoms with van der Waals surface area (Å²) < 4.78 is 0. The minimum absolute atomic E-state index is 0.144. The van der Waals surface area contributed by atoms with Crippen LogP contribution in [0.5, 0.6) is 0 Å². The molecule has 0 radical (unpaired) electrons. The van der Waals surface area contributed by atoms with Crippen molar-refractivity contribution in [3.63, 3.8) is 0 Å². The van der Waals surface area contributed by atoms with Crippen molar-refractivity contribution >= 4 is 11.6 Å². The zero-order valence-corrected chi connectivity index (χ0v) is 10.5. The highest BCUT2D eigenvalue weighted by Crippen LogP contribution is 2.24. The van der Waals surface area contributed by atoms with Crippen molar-refractivity contribution in [2.45, 2.75) is 44.7 Å². The topological polar surface area (TPSA) is 75.9 Å². The van der Waals surface area contributed by atoms with E-state index in [1.807, 2.05) is 19.9 Å². The molecule has 4 N–H and O–H groups in total. The van der Waals surface area contributed by atoms with Gasteiger partial charge in [0.05, 0.1) is 0 Å². The summed E-state index contributed by atoms with van der Waals surface area (Å²) in [7, 11) is 0. The van der Waals surface area contributed by atoms with Crippen LogP contribution in [0.25, 0.3) is 0 Å². The van der Waals surface area contributed by atoms with Crippen molar-refractivity contribution in [2.75, 3.05) is 17.2 Å². The van der Waals surface area contributed by atoms with Gasteiger partial charge in [0.15, 0.2) is 0 Å². The molecule has 5 heteroatoms. The molecule has 1 fully saturated rings. The molecule has 0 saturated heterocycles. The van der Waals surface area contributed by atoms with Crippen molar-refractivity contribution in [3.05, 3.63) is 12.4 Å². The second-order valence-electron chi connectivity index (χ2n) is 5.37. The fourth-order valence-electron chi connectivity index (χ4n) is 1.48. The Morgan fingerprint density at radius 2 is 2.06 bits per heavy atom. The summed E-state index contributed by atoms with van der Waals surface area (Å²) in [6.45, 7) is 4.87. The number of aromatic nitrogens is 2. The summed E-state index contributed by atoms with van der Waals surface area (Å²) in [6, 6.07) is 2.56. The first kappa shape index (κ1) is 12.1. The summed E-state index contributed by atoms with van der Waals surface area (Å²) in [4.78, 5) is 8.37. The van der Waals surface area contributed by atoms with Crippen LogP contribution in [0.1, 0.15) is 33.1 Å². The van der Waals surface area contributed by atoms with E-state index in [-0.39, 0.29) is 5.54 Å². The van der Waals surface area contributed by atoms with E-state index in [1.165, 1.54) is 12.8 Å². The second-order valence-corrected chi connectivity index (χ2v) is 5.37. The lowest BCUT2D eigenvalue weighted by molar-refractivity contribution is 0.490. The number of nitrogens with zero attached hydrogens (tertiary/aromatic N) is 2. The van der Waals surface area contributed by atoms with Crippen molar-refractivity contribution < 1.29 is 0 Å². The van der Waals surface area contributed by atoms with Gasteiger partial charge in [0.1, 0.15) is 18.0 Å². The fourth-order valence-corrected chi connectivity index (χ4v) is 1.48. The molecule has 0 aromatic carbocycles. The summed E-state index contributed by atoms with van der Waals surface area (Å²) >= 11 is 0. The lowest BCUT2D eigenvalue weighted by atomic mass is 10.0. The van der Waals surface area contributed by atoms with Crippen LogP contribution < -0.4 is 16.4 Å². The number of hydrogen-bond donors (Lipinski definition) is 3. The van der Waals surface area contributed by atoms with E-state index in [0.29, 0.717) is 6.04 Å². The lowest BCUT2D eigenvalue weighted by Gasteiger charge is -2.18. The maximum Gasteiger partial charge on any atom is 0.131 e. The van der Waals surface area contributed by atoms with Gasteiger partial charge in [-0.15, -0.1) is 0 Å². The molecule has 1 saturated carbocycles. The molecular formula is C12H21N5. The molecule has 1 aliphatic rings. The van der Waals surface area contributed by atoms with Crippen LogP contribution in [0.3, 0.4) is 0 Å². The van der Waals surface area contributed by atoms with E-state index >= 15 is 0 Å². The number of hydrogen-bond acceptors (Lipinski definition) is 5. The Hall–Kier alpha value is -1.36. The monoisotopic (exact) mass is 235 g/mol. The quantitative estimate of drug-likeness (QED) is 0.698. The van der Waals surface area contributed by atoms with Gasteiger partial charge >= 0.3 is 0 Å². The van der Waals surface area contributed by atoms with E-state index < -0.39 is 0 Å². The summed E-state index contributed by atoms with van der Waals surface area (Å²) in [5.74, 6) is 1.75. The highest BCUT2D eigenvalue weighted by Gasteiger charge is 2.21. The van der Waals surface area contributed by atoms with Gasteiger partial charge < -0.3 is 16.4 Å². The maximum atomic E-state index is 5.92. The molecule has 1 heterocycles. The lowest BCUT2D eigenvalue weighted by Crippen LogP contribution is -2.34. The van der Waals surface area contributed by atoms with Gasteiger partial charge in [-0.25, -0.2) is 9.97 Å². The van der Waals surface area contributed by atoms with Gasteiger partial charge in [-0.05, 0) is 33.1 Å². The van der Waals surface area contributed by atoms with Crippen LogP contribution in [-0.2, 0) is 0 Å². The first-order valence-electron chi connectivity index (χ1n) is 6.14. The molecule has 0 aliphatic heterocycles. The van der Waals surface area contributed by atoms with Crippen LogP contribution >= 0.6 is 0 Å². The third kappa shape index (κ3) is 4.56. The number of nitrogens with two attached hydrogens (primary N) is 1. The first-order valence-corrected chi connectivity index (χ1v) is 6.14. The average Bonchev–Trinajstić information content (AvgIpc) is 3.00. The third-order valence-corrected chi connectivity index (χ3v) is 2.67. The summed E-state index contributed by atoms with van der Waals surface area (Å²) in [6.07, 6.45) is 4.98. The second kappa shape index (κ2) is 4.87. The minimum atomic E-state index is -0.144. The standard InChI is InChI=1S/C12H21N5/c1-12(2,13)5-6-14-10-7-11(16-8-15-10)17-9-3-4-9/h7-9H,3-6,13H2,1-2H3,(H2,14,15,16,17). The smallest absolute Gasteiger partial charge is 0.131 e. The van der Waals surface area contributed by atoms with Crippen LogP contribution in [-0.4, -0.2) is 28.1 Å². The van der Waals surface area contributed by atoms with Crippen LogP contribution in [0.2, 0.25) is 0 Å². The normalized spacial score (nSPS) is 15.7. The predicted octanol–water partition coefficient (Wildman–Crippen LogP) is 1.59. The molecule has 17 heavy (non-hydrogen) atoms. The van der Waals surface area contributed by atoms with Gasteiger partial charge in [0.2, 0.25) is 0 Å². The van der Waals surface area contributed by atoms with E-state index in [2.05, 4.69) is 20.6 Å². The molecule has 1 aliphatic carbocycles. The molecular weight excluding hydrogens is 214 g/mol. The van der Waals surface area contributed by atoms with Gasteiger partial charge in [0, 0.05) is 24.2 Å². The minimum Gasteiger partial charge on any atom is -0.370 e. The third-order valence-electron chi connectivity index (χ3n) is 2.67. The molecule has 0 atom stereocenters. The van der Waals surface area contributed by atoms with E-state index in [0.717, 1.165) is 24.6 Å². The highest BCUT2D eigenvalue weighted by atomic mass is 15.1. The number of nitrogens with one attached hydrogen (secondary N) is 2. The van der Waals surface area contributed by atoms with Crippen LogP contribution in [0.4, 0.5) is 11.6 Å². The Morgan fingerprint density at radius 1 is 1.35 bits per heavy atom. The Balaban J connectivity index is 1.83. The molecule has 0 unspecified atom stereocenters. The maximum absolute atomic E-state index is 5.92. The summed E-state index contributed by atoms with van der Waals surface area (Å²) in [5.41, 5.74) is 5.77. The van der Waals surface area contributed by atoms with Gasteiger partial charge in [-0.3, -0.25) is 0 Å². The Labute approximate surface area is 102 Å². The van der Waals surface area contributed by atoms with Crippen LogP contribution in [0, 0.1) is 0 Å². The zero-order valence-electron chi connectivity index (χ0n) is 10.5. The van der Waals surface area contributed by atoms with E-state index in [9.17, 15) is 0 Å². The Bertz CT molecular complexity index is 367. The van der Waals surface area contributed by atoms with Gasteiger partial charge in [-0.1, -0.05) is 0 Å². The Morgan fingerprint density at radius 3 is 2.71 bits per heavy atom. The predicted molar refractivity (Wildman–Crippen MR) is 70.0 cm³/mol. The van der Waals surface area contributed by atoms with Gasteiger partial charge in [-0.2, -0.15) is 0 Å². The van der Waals surface area contributed by atoms with Crippen molar-refractivity contribution in [1.82, 2.24) is 9.97 Å². The zero-order chi connectivity index (χ0) is 12.3. The van der Waals surface area contributed by atoms with Crippen molar-refractivity contribution in [3.8, 4) is 0 Å². The molecule has 0 spiro atoms. The SMILES string of the molecule is CC(C)(N)CCNc1cc(NC2CC2)ncn1. The average molecular weight is 235 g/mol. The van der Waals surface area contributed by atoms with Gasteiger partial charge in [0.25, 0.3) is 0 Å². The largest absolute Gasteiger partial charge is 0.370 e. The van der Waals surface area contributed by atoms with Crippen molar-refractivity contribution in [1.29, 1.82) is 0 Å². The highest BCUT2D eigenvalue weighted by molar-refractivity contribution is 5.47. The number of anilines is 2. The molecule has 2 rings (SSSR count). The van der Waals surface area contributed by atoms with Crippen LogP contribution in [0.15, 0.2) is 12.4 Å². The molecule has 5 nitrogen and oxygen atoms in total. The fraction of sp³-hybridized carbons (Fsp3) is 0.667. The molecule has 0 amide bonds. The summed E-state index contributed by atoms with van der Waals surface area (Å²) in [5, 5.41) is 6.61. The molecule has 1 aromatic rings. The molecule has 94 valence electrons. The number of rotatable bonds is 6. The van der Waals surface area contributed by atoms with E-state index in [4.69, 9.17) is 5.73 Å². The van der Waals surface area contributed by atoms with E-state index in [1.54, 1.807) is 6.33 Å². The first-order chi connectivity index (χ1) is 8.03. The molecule has 1 aromatic heterocycles.